The van der Waals surface area contributed by atoms with Crippen LogP contribution >= 0.6 is 0 Å². The highest BCUT2D eigenvalue weighted by Gasteiger charge is 2.33. The van der Waals surface area contributed by atoms with Gasteiger partial charge in [-0.25, -0.2) is 13.2 Å². The summed E-state index contributed by atoms with van der Waals surface area (Å²) in [5, 5.41) is 9.24. The molecule has 0 spiro atoms. The fraction of sp³-hybridized carbons (Fsp3) is 0.500. The number of nitrogens with zero attached hydrogens (tertiary/aromatic N) is 2. The Bertz CT molecular complexity index is 713. The Morgan fingerprint density at radius 3 is 2.67 bits per heavy atom. The lowest BCUT2D eigenvalue weighted by molar-refractivity contribution is 0.0685. The van der Waals surface area contributed by atoms with Gasteiger partial charge in [-0.2, -0.15) is 4.31 Å². The monoisotopic (exact) mass is 310 g/mol. The van der Waals surface area contributed by atoms with Gasteiger partial charge >= 0.3 is 5.97 Å². The first kappa shape index (κ1) is 14.3. The summed E-state index contributed by atoms with van der Waals surface area (Å²) in [4.78, 5) is 11.4. The Morgan fingerprint density at radius 1 is 1.38 bits per heavy atom. The maximum Gasteiger partial charge on any atom is 0.352 e. The third-order valence-corrected chi connectivity index (χ3v) is 5.73. The van der Waals surface area contributed by atoms with Gasteiger partial charge in [-0.15, -0.1) is 0 Å². The van der Waals surface area contributed by atoms with Gasteiger partial charge in [-0.05, 0) is 32.3 Å². The number of aromatic nitrogens is 1. The fourth-order valence-electron chi connectivity index (χ4n) is 2.65. The summed E-state index contributed by atoms with van der Waals surface area (Å²) >= 11 is 0. The molecule has 0 bridgehead atoms. The van der Waals surface area contributed by atoms with Crippen LogP contribution < -0.4 is 0 Å². The lowest BCUT2D eigenvalue weighted by Crippen LogP contribution is -2.35. The molecule has 0 saturated heterocycles. The highest BCUT2D eigenvalue weighted by Crippen LogP contribution is 2.37. The number of carbonyl (C=O) groups is 1. The number of rotatable bonds is 4. The second kappa shape index (κ2) is 4.99. The topological polar surface area (TPSA) is 79.6 Å². The Balaban J connectivity index is 1.97. The van der Waals surface area contributed by atoms with Gasteiger partial charge < -0.3 is 9.67 Å². The first-order valence-electron chi connectivity index (χ1n) is 7.00. The highest BCUT2D eigenvalue weighted by atomic mass is 32.2. The van der Waals surface area contributed by atoms with Gasteiger partial charge in [-0.3, -0.25) is 0 Å². The Morgan fingerprint density at radius 2 is 2.10 bits per heavy atom. The third kappa shape index (κ3) is 2.63. The van der Waals surface area contributed by atoms with Crippen LogP contribution in [0.3, 0.4) is 0 Å². The van der Waals surface area contributed by atoms with E-state index in [4.69, 9.17) is 0 Å². The van der Waals surface area contributed by atoms with Gasteiger partial charge in [0.2, 0.25) is 10.0 Å². The highest BCUT2D eigenvalue weighted by molar-refractivity contribution is 7.89. The minimum Gasteiger partial charge on any atom is -0.477 e. The lowest BCUT2D eigenvalue weighted by Gasteiger charge is -2.24. The molecule has 3 rings (SSSR count). The van der Waals surface area contributed by atoms with Crippen LogP contribution in [-0.4, -0.2) is 41.5 Å². The summed E-state index contributed by atoms with van der Waals surface area (Å²) in [5.74, 6) is -1.09. The molecule has 2 aliphatic rings. The normalized spacial score (nSPS) is 20.3. The fourth-order valence-corrected chi connectivity index (χ4v) is 4.18. The number of carboxylic acid groups (broad SMARTS) is 1. The average Bonchev–Trinajstić information content (AvgIpc) is 3.16. The van der Waals surface area contributed by atoms with Gasteiger partial charge in [0.25, 0.3) is 0 Å². The minimum absolute atomic E-state index is 0.0559. The van der Waals surface area contributed by atoms with E-state index in [1.165, 1.54) is 16.6 Å². The molecule has 0 radical (unpaired) electrons. The number of carboxylic acids is 1. The maximum atomic E-state index is 12.7. The SMILES string of the molecule is CC1=CCCN(S(=O)(=O)c2cc(C(=O)O)n(C3CC3)c2)C1. The maximum absolute atomic E-state index is 12.7. The van der Waals surface area contributed by atoms with E-state index < -0.39 is 16.0 Å². The quantitative estimate of drug-likeness (QED) is 0.861. The first-order valence-corrected chi connectivity index (χ1v) is 8.44. The zero-order valence-electron chi connectivity index (χ0n) is 11.8. The van der Waals surface area contributed by atoms with E-state index in [9.17, 15) is 18.3 Å². The largest absolute Gasteiger partial charge is 0.477 e. The molecule has 0 atom stereocenters. The van der Waals surface area contributed by atoms with Gasteiger partial charge in [0.15, 0.2) is 0 Å². The third-order valence-electron chi connectivity index (χ3n) is 3.92. The van der Waals surface area contributed by atoms with Gasteiger partial charge in [0.1, 0.15) is 10.6 Å². The number of aromatic carboxylic acids is 1. The molecular formula is C14H18N2O4S. The zero-order chi connectivity index (χ0) is 15.2. The average molecular weight is 310 g/mol. The van der Waals surface area contributed by atoms with Crippen LogP contribution in [-0.2, 0) is 10.0 Å². The number of sulfonamides is 1. The predicted molar refractivity (Wildman–Crippen MR) is 76.8 cm³/mol. The van der Waals surface area contributed by atoms with Crippen LogP contribution in [0.2, 0.25) is 0 Å². The van der Waals surface area contributed by atoms with Crippen LogP contribution in [0.25, 0.3) is 0 Å². The summed E-state index contributed by atoms with van der Waals surface area (Å²) in [6, 6.07) is 1.41. The summed E-state index contributed by atoms with van der Waals surface area (Å²) in [6.45, 7) is 2.72. The molecule has 2 heterocycles. The van der Waals surface area contributed by atoms with Crippen molar-refractivity contribution in [3.63, 3.8) is 0 Å². The molecule has 7 heteroatoms. The predicted octanol–water partition coefficient (Wildman–Crippen LogP) is 1.86. The second-order valence-electron chi connectivity index (χ2n) is 5.68. The summed E-state index contributed by atoms with van der Waals surface area (Å²) < 4.78 is 28.3. The molecule has 1 saturated carbocycles. The van der Waals surface area contributed by atoms with Crippen molar-refractivity contribution in [1.29, 1.82) is 0 Å². The van der Waals surface area contributed by atoms with Crippen LogP contribution in [0, 0.1) is 0 Å². The zero-order valence-corrected chi connectivity index (χ0v) is 12.6. The van der Waals surface area contributed by atoms with E-state index in [0.717, 1.165) is 18.4 Å². The van der Waals surface area contributed by atoms with Crippen LogP contribution in [0.4, 0.5) is 0 Å². The Hall–Kier alpha value is -1.60. The van der Waals surface area contributed by atoms with E-state index in [1.54, 1.807) is 4.57 Å². The number of hydrogen-bond acceptors (Lipinski definition) is 3. The summed E-state index contributed by atoms with van der Waals surface area (Å²) in [6.07, 6.45) is 6.01. The number of hydrogen-bond donors (Lipinski definition) is 1. The van der Waals surface area contributed by atoms with E-state index in [0.29, 0.717) is 19.5 Å². The van der Waals surface area contributed by atoms with Crippen molar-refractivity contribution >= 4 is 16.0 Å². The van der Waals surface area contributed by atoms with Crippen molar-refractivity contribution in [2.24, 2.45) is 0 Å². The molecule has 0 amide bonds. The van der Waals surface area contributed by atoms with Crippen molar-refractivity contribution in [3.05, 3.63) is 29.6 Å². The summed E-state index contributed by atoms with van der Waals surface area (Å²) in [7, 11) is -3.63. The smallest absolute Gasteiger partial charge is 0.352 e. The van der Waals surface area contributed by atoms with E-state index >= 15 is 0 Å². The van der Waals surface area contributed by atoms with Crippen molar-refractivity contribution in [2.45, 2.75) is 37.1 Å². The van der Waals surface area contributed by atoms with Gasteiger partial charge in [0, 0.05) is 25.3 Å². The molecule has 1 aromatic rings. The molecule has 0 unspecified atom stereocenters. The molecule has 1 N–H and O–H groups in total. The van der Waals surface area contributed by atoms with E-state index in [-0.39, 0.29) is 16.6 Å². The molecule has 0 aromatic carbocycles. The molecule has 1 aliphatic carbocycles. The second-order valence-corrected chi connectivity index (χ2v) is 7.62. The van der Waals surface area contributed by atoms with E-state index in [2.05, 4.69) is 0 Å². The van der Waals surface area contributed by atoms with Crippen LogP contribution in [0.1, 0.15) is 42.7 Å². The molecule has 1 aliphatic heterocycles. The Labute approximate surface area is 123 Å². The molecule has 6 nitrogen and oxygen atoms in total. The first-order chi connectivity index (χ1) is 9.89. The Kier molecular flexibility index (Phi) is 3.41. The van der Waals surface area contributed by atoms with Crippen LogP contribution in [0.5, 0.6) is 0 Å². The molecule has 1 fully saturated rings. The van der Waals surface area contributed by atoms with Gasteiger partial charge in [0.05, 0.1) is 0 Å². The van der Waals surface area contributed by atoms with Gasteiger partial charge in [-0.1, -0.05) is 11.6 Å². The molecule has 1 aromatic heterocycles. The van der Waals surface area contributed by atoms with Crippen molar-refractivity contribution in [1.82, 2.24) is 8.87 Å². The standard InChI is InChI=1S/C14H18N2O4S/c1-10-3-2-6-15(8-10)21(19,20)12-7-13(14(17)18)16(9-12)11-4-5-11/h3,7,9,11H,2,4-6,8H2,1H3,(H,17,18). The minimum atomic E-state index is -3.63. The van der Waals surface area contributed by atoms with E-state index in [1.807, 2.05) is 13.0 Å². The van der Waals surface area contributed by atoms with Crippen LogP contribution in [0.15, 0.2) is 28.8 Å². The summed E-state index contributed by atoms with van der Waals surface area (Å²) in [5.41, 5.74) is 1.07. The van der Waals surface area contributed by atoms with Crippen molar-refractivity contribution in [2.75, 3.05) is 13.1 Å². The molecule has 114 valence electrons. The van der Waals surface area contributed by atoms with Crippen molar-refractivity contribution in [3.8, 4) is 0 Å². The molecular weight excluding hydrogens is 292 g/mol. The lowest BCUT2D eigenvalue weighted by atomic mass is 10.2. The molecule has 21 heavy (non-hydrogen) atoms. The van der Waals surface area contributed by atoms with Crippen molar-refractivity contribution < 1.29 is 18.3 Å².